The molecule has 0 aliphatic carbocycles. The fourth-order valence-corrected chi connectivity index (χ4v) is 4.10. The summed E-state index contributed by atoms with van der Waals surface area (Å²) in [4.78, 5) is 24.6. The van der Waals surface area contributed by atoms with E-state index in [2.05, 4.69) is 4.90 Å². The lowest BCUT2D eigenvalue weighted by atomic mass is 9.96. The van der Waals surface area contributed by atoms with Crippen LogP contribution in [0.3, 0.4) is 0 Å². The zero-order chi connectivity index (χ0) is 23.0. The van der Waals surface area contributed by atoms with Gasteiger partial charge in [-0.25, -0.2) is 4.79 Å². The molecule has 0 aromatic carbocycles. The normalized spacial score (nSPS) is 27.2. The number of carboxylic acid groups (broad SMARTS) is 1. The maximum absolute atomic E-state index is 11.5. The summed E-state index contributed by atoms with van der Waals surface area (Å²) >= 11 is 0. The molecule has 31 heavy (non-hydrogen) atoms. The monoisotopic (exact) mass is 454 g/mol. The van der Waals surface area contributed by atoms with Crippen molar-refractivity contribution in [3.63, 3.8) is 0 Å². The summed E-state index contributed by atoms with van der Waals surface area (Å²) in [5.74, 6) is -1.96. The highest BCUT2D eigenvalue weighted by Crippen LogP contribution is 2.33. The predicted molar refractivity (Wildman–Crippen MR) is 105 cm³/mol. The Bertz CT molecular complexity index is 584. The predicted octanol–water partition coefficient (Wildman–Crippen LogP) is 1.77. The van der Waals surface area contributed by atoms with Crippen LogP contribution in [-0.4, -0.2) is 105 Å². The first-order valence-corrected chi connectivity index (χ1v) is 10.6. The molecule has 0 aromatic heterocycles. The summed E-state index contributed by atoms with van der Waals surface area (Å²) in [6, 6.07) is 0.576. The maximum atomic E-state index is 11.5. The Morgan fingerprint density at radius 1 is 1.13 bits per heavy atom. The number of rotatable bonds is 6. The number of ether oxygens (including phenoxy) is 3. The quantitative estimate of drug-likeness (QED) is 0.655. The highest BCUT2D eigenvalue weighted by atomic mass is 19.4. The first-order chi connectivity index (χ1) is 14.6. The Balaban J connectivity index is 0.000000423. The Labute approximate surface area is 180 Å². The van der Waals surface area contributed by atoms with Gasteiger partial charge in [-0.2, -0.15) is 13.2 Å². The molecule has 3 aliphatic rings. The molecule has 0 unspecified atom stereocenters. The standard InChI is InChI=1S/C18H32N2O4.C2HF3O2/c1-19(2)18(21)13-23-12-15-3-4-16-17(24-15)5-8-20(16)11-14-6-9-22-10-7-14;3-2(4,5)1(6)7/h14-17H,3-13H2,1-2H3;(H,6,7)/t15-,16-,17-;/m1./s1. The van der Waals surface area contributed by atoms with E-state index in [1.807, 2.05) is 0 Å². The third-order valence-corrected chi connectivity index (χ3v) is 5.85. The highest BCUT2D eigenvalue weighted by molar-refractivity contribution is 5.76. The number of carboxylic acids is 1. The topological polar surface area (TPSA) is 88.5 Å². The molecule has 3 aliphatic heterocycles. The van der Waals surface area contributed by atoms with Crippen LogP contribution in [0.2, 0.25) is 0 Å². The molecule has 3 rings (SSSR count). The number of fused-ring (bicyclic) bond motifs is 1. The molecule has 3 atom stereocenters. The molecule has 3 saturated heterocycles. The first-order valence-electron chi connectivity index (χ1n) is 10.6. The van der Waals surface area contributed by atoms with Crippen molar-refractivity contribution < 1.29 is 42.1 Å². The van der Waals surface area contributed by atoms with E-state index in [0.29, 0.717) is 18.8 Å². The van der Waals surface area contributed by atoms with Crippen molar-refractivity contribution in [3.8, 4) is 0 Å². The van der Waals surface area contributed by atoms with Crippen molar-refractivity contribution in [2.24, 2.45) is 5.92 Å². The van der Waals surface area contributed by atoms with Gasteiger partial charge in [0.1, 0.15) is 6.61 Å². The number of likely N-dealkylation sites (tertiary alicyclic amines) is 1. The Hall–Kier alpha value is -1.43. The summed E-state index contributed by atoms with van der Waals surface area (Å²) in [7, 11) is 3.50. The lowest BCUT2D eigenvalue weighted by molar-refractivity contribution is -0.192. The molecule has 0 bridgehead atoms. The van der Waals surface area contributed by atoms with Crippen LogP contribution >= 0.6 is 0 Å². The van der Waals surface area contributed by atoms with Crippen molar-refractivity contribution in [1.82, 2.24) is 9.80 Å². The van der Waals surface area contributed by atoms with Gasteiger partial charge in [-0.15, -0.1) is 0 Å². The van der Waals surface area contributed by atoms with E-state index in [1.54, 1.807) is 19.0 Å². The first kappa shape index (κ1) is 25.8. The third-order valence-electron chi connectivity index (χ3n) is 5.85. The van der Waals surface area contributed by atoms with Crippen LogP contribution in [0.1, 0.15) is 32.1 Å². The van der Waals surface area contributed by atoms with Gasteiger partial charge in [0.15, 0.2) is 0 Å². The zero-order valence-corrected chi connectivity index (χ0v) is 18.1. The van der Waals surface area contributed by atoms with Crippen LogP contribution < -0.4 is 0 Å². The number of likely N-dealkylation sites (N-methyl/N-ethyl adjacent to an activating group) is 1. The average Bonchev–Trinajstić information content (AvgIpc) is 3.10. The van der Waals surface area contributed by atoms with Crippen molar-refractivity contribution in [2.75, 3.05) is 53.6 Å². The fraction of sp³-hybridized carbons (Fsp3) is 0.900. The molecule has 8 nitrogen and oxygen atoms in total. The van der Waals surface area contributed by atoms with Crippen molar-refractivity contribution in [1.29, 1.82) is 0 Å². The summed E-state index contributed by atoms with van der Waals surface area (Å²) < 4.78 is 49.0. The van der Waals surface area contributed by atoms with Crippen LogP contribution in [0.25, 0.3) is 0 Å². The van der Waals surface area contributed by atoms with Gasteiger partial charge in [0.05, 0.1) is 18.8 Å². The van der Waals surface area contributed by atoms with E-state index in [1.165, 1.54) is 25.8 Å². The van der Waals surface area contributed by atoms with Crippen molar-refractivity contribution in [3.05, 3.63) is 0 Å². The summed E-state index contributed by atoms with van der Waals surface area (Å²) in [6.45, 7) is 4.88. The summed E-state index contributed by atoms with van der Waals surface area (Å²) in [6.07, 6.45) is 1.14. The average molecular weight is 454 g/mol. The van der Waals surface area contributed by atoms with E-state index in [4.69, 9.17) is 24.1 Å². The summed E-state index contributed by atoms with van der Waals surface area (Å²) in [5, 5.41) is 7.12. The van der Waals surface area contributed by atoms with Crippen molar-refractivity contribution in [2.45, 2.75) is 56.5 Å². The van der Waals surface area contributed by atoms with E-state index in [0.717, 1.165) is 38.5 Å². The van der Waals surface area contributed by atoms with E-state index in [9.17, 15) is 18.0 Å². The molecule has 0 saturated carbocycles. The number of alkyl halides is 3. The number of carbonyl (C=O) groups excluding carboxylic acids is 1. The Kier molecular flexibility index (Phi) is 9.98. The number of nitrogens with zero attached hydrogens (tertiary/aromatic N) is 2. The van der Waals surface area contributed by atoms with E-state index < -0.39 is 12.1 Å². The molecule has 11 heteroatoms. The molecule has 3 fully saturated rings. The number of hydrogen-bond donors (Lipinski definition) is 1. The smallest absolute Gasteiger partial charge is 0.475 e. The SMILES string of the molecule is CN(C)C(=O)COC[C@H]1CC[C@@H]2[C@@H](CCN2CC2CCOCC2)O1.O=C(O)C(F)(F)F. The number of amides is 1. The van der Waals surface area contributed by atoms with Crippen molar-refractivity contribution >= 4 is 11.9 Å². The Morgan fingerprint density at radius 2 is 1.77 bits per heavy atom. The second-order valence-electron chi connectivity index (χ2n) is 8.39. The largest absolute Gasteiger partial charge is 0.490 e. The second-order valence-corrected chi connectivity index (χ2v) is 8.39. The van der Waals surface area contributed by atoms with E-state index >= 15 is 0 Å². The molecule has 0 spiro atoms. The van der Waals surface area contributed by atoms with Gasteiger partial charge in [0, 0.05) is 46.4 Å². The minimum absolute atomic E-state index is 0.00666. The van der Waals surface area contributed by atoms with Crippen LogP contribution in [0.4, 0.5) is 13.2 Å². The molecular formula is C20H33F3N2O6. The van der Waals surface area contributed by atoms with Crippen LogP contribution in [0.15, 0.2) is 0 Å². The van der Waals surface area contributed by atoms with Crippen LogP contribution in [-0.2, 0) is 23.8 Å². The van der Waals surface area contributed by atoms with Gasteiger partial charge in [-0.05, 0) is 38.0 Å². The number of carbonyl (C=O) groups is 2. The lowest BCUT2D eigenvalue weighted by Crippen LogP contribution is -2.45. The highest BCUT2D eigenvalue weighted by Gasteiger charge is 2.40. The van der Waals surface area contributed by atoms with Gasteiger partial charge in [0.2, 0.25) is 5.91 Å². The molecule has 3 heterocycles. The number of halogens is 3. The molecule has 180 valence electrons. The molecule has 1 amide bonds. The minimum atomic E-state index is -5.08. The fourth-order valence-electron chi connectivity index (χ4n) is 4.10. The van der Waals surface area contributed by atoms with Gasteiger partial charge in [0.25, 0.3) is 0 Å². The molecular weight excluding hydrogens is 421 g/mol. The molecule has 1 N–H and O–H groups in total. The van der Waals surface area contributed by atoms with Gasteiger partial charge >= 0.3 is 12.1 Å². The molecule has 0 aromatic rings. The van der Waals surface area contributed by atoms with Crippen LogP contribution in [0.5, 0.6) is 0 Å². The lowest BCUT2D eigenvalue weighted by Gasteiger charge is -2.37. The number of hydrogen-bond acceptors (Lipinski definition) is 6. The van der Waals surface area contributed by atoms with Gasteiger partial charge in [-0.1, -0.05) is 0 Å². The van der Waals surface area contributed by atoms with E-state index in [-0.39, 0.29) is 18.6 Å². The zero-order valence-electron chi connectivity index (χ0n) is 18.1. The third kappa shape index (κ3) is 8.55. The minimum Gasteiger partial charge on any atom is -0.475 e. The number of aliphatic carboxylic acids is 1. The van der Waals surface area contributed by atoms with Gasteiger partial charge < -0.3 is 24.2 Å². The van der Waals surface area contributed by atoms with Crippen LogP contribution in [0, 0.1) is 5.92 Å². The summed E-state index contributed by atoms with van der Waals surface area (Å²) in [5.41, 5.74) is 0. The second kappa shape index (κ2) is 12.0. The molecule has 0 radical (unpaired) electrons. The Morgan fingerprint density at radius 3 is 2.35 bits per heavy atom. The van der Waals surface area contributed by atoms with Gasteiger partial charge in [-0.3, -0.25) is 9.69 Å². The maximum Gasteiger partial charge on any atom is 0.490 e.